The van der Waals surface area contributed by atoms with Gasteiger partial charge in [0.2, 0.25) is 5.96 Å². The lowest BCUT2D eigenvalue weighted by Crippen LogP contribution is -2.24. The highest BCUT2D eigenvalue weighted by Gasteiger charge is 2.19. The molecule has 3 N–H and O–H groups in total. The Morgan fingerprint density at radius 1 is 1.03 bits per heavy atom. The standard InChI is InChI=1S/C20H19N5O2S2/c1-25(2)16-10-5-8-14-13(16)7-6-12-18(14)29(26,27)24-19(21)23-20-22-15-9-3-4-11-17(15)28-20/h3-12H,1-2H3,(H3,21,22,23,24). The molecule has 29 heavy (non-hydrogen) atoms. The van der Waals surface area contributed by atoms with Crippen molar-refractivity contribution in [3.05, 3.63) is 60.7 Å². The molecule has 0 atom stereocenters. The third-order valence-corrected chi connectivity index (χ3v) is 6.67. The van der Waals surface area contributed by atoms with Gasteiger partial charge in [-0.3, -0.25) is 0 Å². The zero-order valence-electron chi connectivity index (χ0n) is 15.8. The predicted octanol–water partition coefficient (Wildman–Crippen LogP) is 3.63. The highest BCUT2D eigenvalue weighted by atomic mass is 32.2. The van der Waals surface area contributed by atoms with Gasteiger partial charge in [0.15, 0.2) is 5.13 Å². The number of rotatable bonds is 4. The first-order valence-corrected chi connectivity index (χ1v) is 11.0. The third-order valence-electron chi connectivity index (χ3n) is 4.37. The van der Waals surface area contributed by atoms with Crippen LogP contribution >= 0.6 is 11.3 Å². The van der Waals surface area contributed by atoms with E-state index in [9.17, 15) is 8.42 Å². The van der Waals surface area contributed by atoms with Gasteiger partial charge < -0.3 is 16.0 Å². The molecular weight excluding hydrogens is 406 g/mol. The number of hydrogen-bond donors (Lipinski definition) is 2. The van der Waals surface area contributed by atoms with Gasteiger partial charge in [0.1, 0.15) is 0 Å². The Hall–Kier alpha value is -3.17. The molecule has 1 aromatic heterocycles. The van der Waals surface area contributed by atoms with Crippen molar-refractivity contribution in [2.45, 2.75) is 4.90 Å². The molecule has 148 valence electrons. The number of fused-ring (bicyclic) bond motifs is 2. The van der Waals surface area contributed by atoms with Crippen LogP contribution in [0.25, 0.3) is 21.0 Å². The Bertz CT molecular complexity index is 1310. The van der Waals surface area contributed by atoms with Crippen molar-refractivity contribution >= 4 is 59.1 Å². The maximum absolute atomic E-state index is 13.0. The largest absolute Gasteiger partial charge is 0.377 e. The van der Waals surface area contributed by atoms with E-state index in [0.29, 0.717) is 10.5 Å². The molecule has 0 saturated carbocycles. The van der Waals surface area contributed by atoms with Crippen LogP contribution in [0.5, 0.6) is 0 Å². The number of thiazole rings is 1. The second-order valence-corrected chi connectivity index (χ2v) is 9.19. The van der Waals surface area contributed by atoms with Gasteiger partial charge in [-0.15, -0.1) is 4.40 Å². The van der Waals surface area contributed by atoms with E-state index in [2.05, 4.69) is 14.7 Å². The summed E-state index contributed by atoms with van der Waals surface area (Å²) in [4.78, 5) is 6.42. The summed E-state index contributed by atoms with van der Waals surface area (Å²) in [6, 6.07) is 18.2. The minimum atomic E-state index is -4.02. The number of anilines is 2. The molecule has 0 fully saturated rings. The molecule has 0 aliphatic rings. The molecule has 0 amide bonds. The van der Waals surface area contributed by atoms with Crippen molar-refractivity contribution < 1.29 is 8.42 Å². The first-order valence-electron chi connectivity index (χ1n) is 8.77. The predicted molar refractivity (Wildman–Crippen MR) is 120 cm³/mol. The summed E-state index contributed by atoms with van der Waals surface area (Å²) >= 11 is 1.37. The number of aromatic nitrogens is 1. The molecule has 0 unspecified atom stereocenters. The quantitative estimate of drug-likeness (QED) is 0.382. The number of sulfonamides is 1. The molecule has 0 spiro atoms. The fourth-order valence-corrected chi connectivity index (χ4v) is 5.10. The van der Waals surface area contributed by atoms with E-state index >= 15 is 0 Å². The number of nitrogens with one attached hydrogen (secondary N) is 1. The summed E-state index contributed by atoms with van der Waals surface area (Å²) in [6.45, 7) is 0. The second kappa shape index (κ2) is 7.34. The molecule has 3 aromatic carbocycles. The van der Waals surface area contributed by atoms with Gasteiger partial charge in [0, 0.05) is 30.6 Å². The Labute approximate surface area is 172 Å². The summed E-state index contributed by atoms with van der Waals surface area (Å²) in [5.41, 5.74) is 7.62. The Morgan fingerprint density at radius 3 is 2.52 bits per heavy atom. The topological polar surface area (TPSA) is 101 Å². The average Bonchev–Trinajstić information content (AvgIpc) is 3.08. The van der Waals surface area contributed by atoms with Crippen LogP contribution in [0, 0.1) is 0 Å². The van der Waals surface area contributed by atoms with E-state index < -0.39 is 10.0 Å². The van der Waals surface area contributed by atoms with Crippen LogP contribution < -0.4 is 16.0 Å². The van der Waals surface area contributed by atoms with Crippen LogP contribution in [0.4, 0.5) is 10.8 Å². The molecule has 1 heterocycles. The van der Waals surface area contributed by atoms with Crippen molar-refractivity contribution in [2.75, 3.05) is 24.3 Å². The molecular formula is C20H19N5O2S2. The van der Waals surface area contributed by atoms with Crippen molar-refractivity contribution in [1.82, 2.24) is 4.98 Å². The van der Waals surface area contributed by atoms with Gasteiger partial charge in [0.05, 0.1) is 15.1 Å². The van der Waals surface area contributed by atoms with Crippen molar-refractivity contribution in [3.63, 3.8) is 0 Å². The Balaban J connectivity index is 1.72. The molecule has 0 aliphatic carbocycles. The number of nitrogens with two attached hydrogens (primary N) is 1. The van der Waals surface area contributed by atoms with Gasteiger partial charge in [-0.1, -0.05) is 47.7 Å². The number of para-hydroxylation sites is 1. The summed E-state index contributed by atoms with van der Waals surface area (Å²) in [5.74, 6) is -0.232. The summed E-state index contributed by atoms with van der Waals surface area (Å²) in [7, 11) is -0.198. The van der Waals surface area contributed by atoms with Gasteiger partial charge in [-0.2, -0.15) is 8.42 Å². The minimum absolute atomic E-state index is 0.104. The fourth-order valence-electron chi connectivity index (χ4n) is 3.12. The highest BCUT2D eigenvalue weighted by Crippen LogP contribution is 2.31. The second-order valence-electron chi connectivity index (χ2n) is 6.59. The van der Waals surface area contributed by atoms with Gasteiger partial charge >= 0.3 is 0 Å². The zero-order valence-corrected chi connectivity index (χ0v) is 17.5. The van der Waals surface area contributed by atoms with Crippen LogP contribution in [0.3, 0.4) is 0 Å². The lowest BCUT2D eigenvalue weighted by atomic mass is 10.1. The first-order chi connectivity index (χ1) is 13.8. The van der Waals surface area contributed by atoms with Crippen LogP contribution in [0.15, 0.2) is 70.0 Å². The summed E-state index contributed by atoms with van der Waals surface area (Å²) in [6.07, 6.45) is 0. The van der Waals surface area contributed by atoms with Crippen molar-refractivity contribution in [2.24, 2.45) is 10.1 Å². The van der Waals surface area contributed by atoms with Crippen molar-refractivity contribution in [1.29, 1.82) is 0 Å². The van der Waals surface area contributed by atoms with E-state index in [1.807, 2.05) is 61.5 Å². The molecule has 4 aromatic rings. The number of nitrogens with zero attached hydrogens (tertiary/aromatic N) is 3. The van der Waals surface area contributed by atoms with E-state index in [1.165, 1.54) is 17.4 Å². The lowest BCUT2D eigenvalue weighted by Gasteiger charge is -2.16. The normalized spacial score (nSPS) is 12.4. The van der Waals surface area contributed by atoms with E-state index in [0.717, 1.165) is 21.3 Å². The van der Waals surface area contributed by atoms with E-state index in [-0.39, 0.29) is 10.9 Å². The van der Waals surface area contributed by atoms with Gasteiger partial charge in [-0.25, -0.2) is 4.98 Å². The molecule has 0 bridgehead atoms. The van der Waals surface area contributed by atoms with Crippen molar-refractivity contribution in [3.8, 4) is 0 Å². The smallest absolute Gasteiger partial charge is 0.286 e. The fraction of sp³-hybridized carbons (Fsp3) is 0.100. The average molecular weight is 426 g/mol. The van der Waals surface area contributed by atoms with E-state index in [4.69, 9.17) is 5.73 Å². The third kappa shape index (κ3) is 3.74. The molecule has 4 rings (SSSR count). The minimum Gasteiger partial charge on any atom is -0.377 e. The molecule has 0 saturated heterocycles. The summed E-state index contributed by atoms with van der Waals surface area (Å²) < 4.78 is 30.7. The van der Waals surface area contributed by atoms with Crippen LogP contribution in [-0.2, 0) is 10.0 Å². The number of benzene rings is 3. The molecule has 0 aliphatic heterocycles. The van der Waals surface area contributed by atoms with Gasteiger partial charge in [-0.05, 0) is 24.3 Å². The van der Waals surface area contributed by atoms with Crippen LogP contribution in [0.1, 0.15) is 0 Å². The molecule has 9 heteroatoms. The van der Waals surface area contributed by atoms with Gasteiger partial charge in [0.25, 0.3) is 10.0 Å². The molecule has 0 radical (unpaired) electrons. The van der Waals surface area contributed by atoms with Crippen LogP contribution in [-0.4, -0.2) is 33.5 Å². The first kappa shape index (κ1) is 19.2. The monoisotopic (exact) mass is 425 g/mol. The lowest BCUT2D eigenvalue weighted by molar-refractivity contribution is 0.599. The number of guanidine groups is 1. The molecule has 7 nitrogen and oxygen atoms in total. The SMILES string of the molecule is CN(C)c1cccc2c(S(=O)(=O)/N=C(\N)Nc3nc4ccccc4s3)cccc12. The zero-order chi connectivity index (χ0) is 20.6. The maximum Gasteiger partial charge on any atom is 0.286 e. The maximum atomic E-state index is 13.0. The highest BCUT2D eigenvalue weighted by molar-refractivity contribution is 7.90. The Morgan fingerprint density at radius 2 is 1.76 bits per heavy atom. The Kier molecular flexibility index (Phi) is 4.85. The summed E-state index contributed by atoms with van der Waals surface area (Å²) in [5, 5.41) is 4.68. The number of hydrogen-bond acceptors (Lipinski definition) is 5. The van der Waals surface area contributed by atoms with Crippen LogP contribution in [0.2, 0.25) is 0 Å². The van der Waals surface area contributed by atoms with E-state index in [1.54, 1.807) is 12.1 Å².